The molecule has 1 unspecified atom stereocenters. The highest BCUT2D eigenvalue weighted by Crippen LogP contribution is 2.15. The zero-order valence-corrected chi connectivity index (χ0v) is 11.1. The quantitative estimate of drug-likeness (QED) is 0.717. The molecule has 0 spiro atoms. The van der Waals surface area contributed by atoms with Crippen LogP contribution >= 0.6 is 0 Å². The fourth-order valence-corrected chi connectivity index (χ4v) is 2.20. The first-order chi connectivity index (χ1) is 9.66. The van der Waals surface area contributed by atoms with E-state index in [1.54, 1.807) is 24.3 Å². The standard InChI is InChI=1S/C15H18N2O3/c18-14(19)13(11-6-2-1-3-7-11)10-16-15(20)17-12-8-4-5-9-12/h1-7,12-13H,8-10H2,(H,18,19)(H2,16,17,20). The molecule has 1 aromatic carbocycles. The van der Waals surface area contributed by atoms with Crippen molar-refractivity contribution in [2.75, 3.05) is 6.54 Å². The van der Waals surface area contributed by atoms with Crippen LogP contribution in [0.3, 0.4) is 0 Å². The number of carboxylic acid groups (broad SMARTS) is 1. The Kier molecular flexibility index (Phi) is 4.76. The average molecular weight is 274 g/mol. The van der Waals surface area contributed by atoms with E-state index in [4.69, 9.17) is 0 Å². The molecule has 0 aliphatic heterocycles. The van der Waals surface area contributed by atoms with Crippen molar-refractivity contribution in [2.45, 2.75) is 24.8 Å². The van der Waals surface area contributed by atoms with Crippen LogP contribution in [0.2, 0.25) is 0 Å². The van der Waals surface area contributed by atoms with E-state index in [0.717, 1.165) is 12.8 Å². The van der Waals surface area contributed by atoms with E-state index < -0.39 is 11.9 Å². The molecular formula is C15H18N2O3. The van der Waals surface area contributed by atoms with Crippen molar-refractivity contribution in [3.63, 3.8) is 0 Å². The van der Waals surface area contributed by atoms with E-state index in [0.29, 0.717) is 5.56 Å². The third-order valence-corrected chi connectivity index (χ3v) is 3.31. The fourth-order valence-electron chi connectivity index (χ4n) is 2.20. The summed E-state index contributed by atoms with van der Waals surface area (Å²) in [6.45, 7) is 0.0747. The van der Waals surface area contributed by atoms with Crippen molar-refractivity contribution in [2.24, 2.45) is 0 Å². The minimum absolute atomic E-state index is 0.0747. The first-order valence-electron chi connectivity index (χ1n) is 6.64. The minimum atomic E-state index is -0.945. The Morgan fingerprint density at radius 1 is 1.20 bits per heavy atom. The van der Waals surface area contributed by atoms with Crippen molar-refractivity contribution >= 4 is 12.0 Å². The molecule has 1 aliphatic carbocycles. The summed E-state index contributed by atoms with van der Waals surface area (Å²) >= 11 is 0. The van der Waals surface area contributed by atoms with Gasteiger partial charge in [-0.1, -0.05) is 42.5 Å². The van der Waals surface area contributed by atoms with Crippen molar-refractivity contribution in [3.05, 3.63) is 48.0 Å². The van der Waals surface area contributed by atoms with Crippen molar-refractivity contribution in [3.8, 4) is 0 Å². The van der Waals surface area contributed by atoms with Crippen molar-refractivity contribution in [1.82, 2.24) is 10.6 Å². The molecule has 0 fully saturated rings. The molecule has 0 heterocycles. The predicted octanol–water partition coefficient (Wildman–Crippen LogP) is 1.87. The third kappa shape index (κ3) is 3.85. The largest absolute Gasteiger partial charge is 0.481 e. The van der Waals surface area contributed by atoms with Gasteiger partial charge >= 0.3 is 12.0 Å². The normalized spacial score (nSPS) is 15.8. The van der Waals surface area contributed by atoms with Gasteiger partial charge in [-0.05, 0) is 18.4 Å². The van der Waals surface area contributed by atoms with E-state index in [1.165, 1.54) is 0 Å². The van der Waals surface area contributed by atoms with Crippen LogP contribution in [0.25, 0.3) is 0 Å². The van der Waals surface area contributed by atoms with Crippen LogP contribution in [0.4, 0.5) is 4.79 Å². The maximum Gasteiger partial charge on any atom is 0.315 e. The van der Waals surface area contributed by atoms with E-state index in [9.17, 15) is 14.7 Å². The number of rotatable bonds is 5. The van der Waals surface area contributed by atoms with Gasteiger partial charge in [-0.15, -0.1) is 0 Å². The number of hydrogen-bond donors (Lipinski definition) is 3. The molecule has 0 saturated heterocycles. The average Bonchev–Trinajstić information content (AvgIpc) is 2.92. The molecule has 1 aromatic rings. The molecule has 0 radical (unpaired) electrons. The van der Waals surface area contributed by atoms with Crippen LogP contribution in [-0.4, -0.2) is 29.7 Å². The highest BCUT2D eigenvalue weighted by Gasteiger charge is 2.21. The summed E-state index contributed by atoms with van der Waals surface area (Å²) in [6.07, 6.45) is 5.70. The van der Waals surface area contributed by atoms with Gasteiger partial charge in [0, 0.05) is 12.6 Å². The summed E-state index contributed by atoms with van der Waals surface area (Å²) in [5.74, 6) is -1.68. The minimum Gasteiger partial charge on any atom is -0.481 e. The summed E-state index contributed by atoms with van der Waals surface area (Å²) in [5.41, 5.74) is 0.683. The van der Waals surface area contributed by atoms with Crippen LogP contribution < -0.4 is 10.6 Å². The number of nitrogens with one attached hydrogen (secondary N) is 2. The highest BCUT2D eigenvalue weighted by atomic mass is 16.4. The number of aliphatic carboxylic acids is 1. The zero-order valence-electron chi connectivity index (χ0n) is 11.1. The molecule has 0 aromatic heterocycles. The van der Waals surface area contributed by atoms with Gasteiger partial charge in [0.2, 0.25) is 0 Å². The molecule has 0 saturated carbocycles. The van der Waals surface area contributed by atoms with Gasteiger partial charge in [0.25, 0.3) is 0 Å². The molecule has 106 valence electrons. The van der Waals surface area contributed by atoms with Crippen LogP contribution in [0.15, 0.2) is 42.5 Å². The van der Waals surface area contributed by atoms with Gasteiger partial charge in [0.1, 0.15) is 0 Å². The maximum absolute atomic E-state index is 11.7. The van der Waals surface area contributed by atoms with Crippen molar-refractivity contribution in [1.29, 1.82) is 0 Å². The number of carbonyl (C=O) groups excluding carboxylic acids is 1. The lowest BCUT2D eigenvalue weighted by molar-refractivity contribution is -0.138. The van der Waals surface area contributed by atoms with E-state index >= 15 is 0 Å². The van der Waals surface area contributed by atoms with Crippen LogP contribution in [0, 0.1) is 0 Å². The molecule has 1 atom stereocenters. The third-order valence-electron chi connectivity index (χ3n) is 3.31. The summed E-state index contributed by atoms with van der Waals surface area (Å²) in [7, 11) is 0. The number of hydrogen-bond acceptors (Lipinski definition) is 2. The summed E-state index contributed by atoms with van der Waals surface area (Å²) < 4.78 is 0. The fraction of sp³-hybridized carbons (Fsp3) is 0.333. The molecule has 20 heavy (non-hydrogen) atoms. The van der Waals surface area contributed by atoms with E-state index in [1.807, 2.05) is 18.2 Å². The zero-order chi connectivity index (χ0) is 14.4. The maximum atomic E-state index is 11.7. The second-order valence-corrected chi connectivity index (χ2v) is 4.80. The monoisotopic (exact) mass is 274 g/mol. The second kappa shape index (κ2) is 6.75. The van der Waals surface area contributed by atoms with E-state index in [-0.39, 0.29) is 18.6 Å². The van der Waals surface area contributed by atoms with Crippen LogP contribution in [0.5, 0.6) is 0 Å². The molecule has 5 nitrogen and oxygen atoms in total. The molecular weight excluding hydrogens is 256 g/mol. The lowest BCUT2D eigenvalue weighted by atomic mass is 9.99. The molecule has 2 amide bonds. The summed E-state index contributed by atoms with van der Waals surface area (Å²) in [5, 5.41) is 14.7. The number of amides is 2. The van der Waals surface area contributed by atoms with Gasteiger partial charge in [0.15, 0.2) is 0 Å². The lowest BCUT2D eigenvalue weighted by Crippen LogP contribution is -2.43. The van der Waals surface area contributed by atoms with Gasteiger partial charge in [0.05, 0.1) is 5.92 Å². The van der Waals surface area contributed by atoms with Gasteiger partial charge < -0.3 is 15.7 Å². The summed E-state index contributed by atoms with van der Waals surface area (Å²) in [6, 6.07) is 8.70. The molecule has 0 bridgehead atoms. The smallest absolute Gasteiger partial charge is 0.315 e. The predicted molar refractivity (Wildman–Crippen MR) is 75.5 cm³/mol. The lowest BCUT2D eigenvalue weighted by Gasteiger charge is -2.16. The highest BCUT2D eigenvalue weighted by molar-refractivity contribution is 5.79. The topological polar surface area (TPSA) is 78.4 Å². The first kappa shape index (κ1) is 14.1. The Labute approximate surface area is 117 Å². The van der Waals surface area contributed by atoms with E-state index in [2.05, 4.69) is 10.6 Å². The SMILES string of the molecule is O=C(NCC(C(=O)O)c1ccccc1)NC1CC=CC1. The van der Waals surface area contributed by atoms with Crippen molar-refractivity contribution < 1.29 is 14.7 Å². The molecule has 3 N–H and O–H groups in total. The van der Waals surface area contributed by atoms with Gasteiger partial charge in [-0.2, -0.15) is 0 Å². The Balaban J connectivity index is 1.86. The van der Waals surface area contributed by atoms with Gasteiger partial charge in [-0.25, -0.2) is 4.79 Å². The first-order valence-corrected chi connectivity index (χ1v) is 6.64. The van der Waals surface area contributed by atoms with Gasteiger partial charge in [-0.3, -0.25) is 4.79 Å². The Morgan fingerprint density at radius 3 is 2.45 bits per heavy atom. The number of carboxylic acids is 1. The number of urea groups is 1. The Bertz CT molecular complexity index is 491. The Hall–Kier alpha value is -2.30. The second-order valence-electron chi connectivity index (χ2n) is 4.80. The van der Waals surface area contributed by atoms with Crippen LogP contribution in [-0.2, 0) is 4.79 Å². The molecule has 2 rings (SSSR count). The number of benzene rings is 1. The molecule has 1 aliphatic rings. The van der Waals surface area contributed by atoms with Crippen LogP contribution in [0.1, 0.15) is 24.3 Å². The number of carbonyl (C=O) groups is 2. The molecule has 5 heteroatoms. The summed E-state index contributed by atoms with van der Waals surface area (Å²) in [4.78, 5) is 23.0. The Morgan fingerprint density at radius 2 is 1.85 bits per heavy atom.